The quantitative estimate of drug-likeness (QED) is 0.833. The number of nitrogens with zero attached hydrogens (tertiary/aromatic N) is 3. The van der Waals surface area contributed by atoms with E-state index in [1.165, 1.54) is 5.56 Å². The van der Waals surface area contributed by atoms with E-state index in [1.807, 2.05) is 25.1 Å². The fourth-order valence-electron chi connectivity index (χ4n) is 1.94. The predicted octanol–water partition coefficient (Wildman–Crippen LogP) is 1.84. The molecule has 0 aliphatic heterocycles. The van der Waals surface area contributed by atoms with Crippen LogP contribution >= 0.6 is 0 Å². The third-order valence-electron chi connectivity index (χ3n) is 2.83. The molecule has 0 spiro atoms. The number of nitrogens with two attached hydrogens (primary N) is 1. The van der Waals surface area contributed by atoms with E-state index in [0.717, 1.165) is 18.9 Å². The van der Waals surface area contributed by atoms with Gasteiger partial charge in [-0.15, -0.1) is 0 Å². The Balaban J connectivity index is 2.17. The molecule has 0 saturated carbocycles. The van der Waals surface area contributed by atoms with Crippen LogP contribution in [0.3, 0.4) is 0 Å². The van der Waals surface area contributed by atoms with E-state index in [1.54, 1.807) is 12.4 Å². The van der Waals surface area contributed by atoms with Crippen LogP contribution < -0.4 is 15.4 Å². The summed E-state index contributed by atoms with van der Waals surface area (Å²) in [5.41, 5.74) is 6.91. The minimum Gasteiger partial charge on any atom is -0.477 e. The Morgan fingerprint density at radius 3 is 2.70 bits per heavy atom. The smallest absolute Gasteiger partial charge is 0.234 e. The predicted molar refractivity (Wildman–Crippen MR) is 79.7 cm³/mol. The Bertz CT molecular complexity index is 518. The first-order valence-electron chi connectivity index (χ1n) is 6.77. The summed E-state index contributed by atoms with van der Waals surface area (Å²) in [4.78, 5) is 10.7. The summed E-state index contributed by atoms with van der Waals surface area (Å²) in [6.07, 6.45) is 3.36. The number of ether oxygens (including phenoxy) is 1. The Morgan fingerprint density at radius 2 is 2.00 bits per heavy atom. The molecule has 0 aliphatic rings. The SMILES string of the molecule is CCOc1cncc(N(CCN)Cc2ccccc2)n1. The molecule has 5 heteroatoms. The van der Waals surface area contributed by atoms with Crippen molar-refractivity contribution in [1.29, 1.82) is 0 Å². The Hall–Kier alpha value is -2.14. The maximum atomic E-state index is 5.70. The largest absolute Gasteiger partial charge is 0.477 e. The van der Waals surface area contributed by atoms with Gasteiger partial charge in [-0.1, -0.05) is 30.3 Å². The molecule has 0 radical (unpaired) electrons. The molecule has 0 fully saturated rings. The lowest BCUT2D eigenvalue weighted by Crippen LogP contribution is -2.29. The molecule has 1 aromatic heterocycles. The molecule has 5 nitrogen and oxygen atoms in total. The summed E-state index contributed by atoms with van der Waals surface area (Å²) in [5.74, 6) is 1.32. The van der Waals surface area contributed by atoms with Crippen molar-refractivity contribution in [1.82, 2.24) is 9.97 Å². The van der Waals surface area contributed by atoms with Crippen LogP contribution in [0.1, 0.15) is 12.5 Å². The molecule has 0 aliphatic carbocycles. The van der Waals surface area contributed by atoms with Crippen molar-refractivity contribution < 1.29 is 4.74 Å². The molecular formula is C15H20N4O. The number of aromatic nitrogens is 2. The van der Waals surface area contributed by atoms with E-state index in [2.05, 4.69) is 27.0 Å². The zero-order chi connectivity index (χ0) is 14.2. The van der Waals surface area contributed by atoms with Crippen LogP contribution in [0, 0.1) is 0 Å². The molecular weight excluding hydrogens is 252 g/mol. The zero-order valence-electron chi connectivity index (χ0n) is 11.7. The van der Waals surface area contributed by atoms with Crippen molar-refractivity contribution >= 4 is 5.82 Å². The third-order valence-corrected chi connectivity index (χ3v) is 2.83. The number of benzene rings is 1. The highest BCUT2D eigenvalue weighted by atomic mass is 16.5. The van der Waals surface area contributed by atoms with Gasteiger partial charge in [-0.05, 0) is 12.5 Å². The van der Waals surface area contributed by atoms with Crippen molar-refractivity contribution in [2.75, 3.05) is 24.6 Å². The van der Waals surface area contributed by atoms with Crippen molar-refractivity contribution in [2.45, 2.75) is 13.5 Å². The lowest BCUT2D eigenvalue weighted by molar-refractivity contribution is 0.325. The summed E-state index contributed by atoms with van der Waals surface area (Å²) in [7, 11) is 0. The normalized spacial score (nSPS) is 10.3. The minimum atomic E-state index is 0.542. The first kappa shape index (κ1) is 14.3. The Labute approximate surface area is 119 Å². The summed E-state index contributed by atoms with van der Waals surface area (Å²) < 4.78 is 5.39. The summed E-state index contributed by atoms with van der Waals surface area (Å²) in [5, 5.41) is 0. The molecule has 106 valence electrons. The van der Waals surface area contributed by atoms with Gasteiger partial charge in [0, 0.05) is 19.6 Å². The zero-order valence-corrected chi connectivity index (χ0v) is 11.7. The average molecular weight is 272 g/mol. The fraction of sp³-hybridized carbons (Fsp3) is 0.333. The first-order chi connectivity index (χ1) is 9.83. The molecule has 0 bridgehead atoms. The van der Waals surface area contributed by atoms with Crippen LogP contribution in [0.15, 0.2) is 42.7 Å². The van der Waals surface area contributed by atoms with Gasteiger partial charge in [0.05, 0.1) is 19.0 Å². The number of rotatable bonds is 7. The second-order valence-corrected chi connectivity index (χ2v) is 4.34. The van der Waals surface area contributed by atoms with Gasteiger partial charge in [0.2, 0.25) is 5.88 Å². The van der Waals surface area contributed by atoms with Gasteiger partial charge in [0.15, 0.2) is 5.82 Å². The highest BCUT2D eigenvalue weighted by molar-refractivity contribution is 5.39. The van der Waals surface area contributed by atoms with E-state index >= 15 is 0 Å². The number of hydrogen-bond acceptors (Lipinski definition) is 5. The summed E-state index contributed by atoms with van der Waals surface area (Å²) in [6, 6.07) is 10.2. The highest BCUT2D eigenvalue weighted by Gasteiger charge is 2.09. The molecule has 1 aromatic carbocycles. The maximum Gasteiger partial charge on any atom is 0.234 e. The fourth-order valence-corrected chi connectivity index (χ4v) is 1.94. The molecule has 20 heavy (non-hydrogen) atoms. The van der Waals surface area contributed by atoms with E-state index in [0.29, 0.717) is 19.0 Å². The highest BCUT2D eigenvalue weighted by Crippen LogP contribution is 2.16. The third kappa shape index (κ3) is 3.93. The summed E-state index contributed by atoms with van der Waals surface area (Å²) >= 11 is 0. The van der Waals surface area contributed by atoms with E-state index < -0.39 is 0 Å². The van der Waals surface area contributed by atoms with E-state index in [-0.39, 0.29) is 0 Å². The molecule has 0 saturated heterocycles. The van der Waals surface area contributed by atoms with Crippen molar-refractivity contribution in [3.05, 3.63) is 48.3 Å². The van der Waals surface area contributed by atoms with Gasteiger partial charge in [0.1, 0.15) is 0 Å². The maximum absolute atomic E-state index is 5.70. The molecule has 2 N–H and O–H groups in total. The molecule has 1 heterocycles. The lowest BCUT2D eigenvalue weighted by atomic mass is 10.2. The number of hydrogen-bond donors (Lipinski definition) is 1. The van der Waals surface area contributed by atoms with Gasteiger partial charge in [0.25, 0.3) is 0 Å². The Kier molecular flexibility index (Phi) is 5.32. The monoisotopic (exact) mass is 272 g/mol. The van der Waals surface area contributed by atoms with Crippen LogP contribution in [0.25, 0.3) is 0 Å². The summed E-state index contributed by atoms with van der Waals surface area (Å²) in [6.45, 7) is 4.54. The van der Waals surface area contributed by atoms with Crippen LogP contribution in [-0.2, 0) is 6.54 Å². The van der Waals surface area contributed by atoms with Gasteiger partial charge in [-0.2, -0.15) is 4.98 Å². The molecule has 2 aromatic rings. The topological polar surface area (TPSA) is 64.3 Å². The van der Waals surface area contributed by atoms with Crippen LogP contribution in [0.2, 0.25) is 0 Å². The van der Waals surface area contributed by atoms with E-state index in [9.17, 15) is 0 Å². The van der Waals surface area contributed by atoms with Crippen LogP contribution in [-0.4, -0.2) is 29.7 Å². The van der Waals surface area contributed by atoms with Gasteiger partial charge >= 0.3 is 0 Å². The molecule has 0 amide bonds. The Morgan fingerprint density at radius 1 is 1.20 bits per heavy atom. The molecule has 2 rings (SSSR count). The van der Waals surface area contributed by atoms with Crippen molar-refractivity contribution in [2.24, 2.45) is 5.73 Å². The van der Waals surface area contributed by atoms with Crippen molar-refractivity contribution in [3.8, 4) is 5.88 Å². The average Bonchev–Trinajstić information content (AvgIpc) is 2.49. The molecule has 0 unspecified atom stereocenters. The standard InChI is InChI=1S/C15H20N4O/c1-2-20-15-11-17-10-14(18-15)19(9-8-16)12-13-6-4-3-5-7-13/h3-7,10-11H,2,8-9,12,16H2,1H3. The van der Waals surface area contributed by atoms with Gasteiger partial charge in [-0.25, -0.2) is 0 Å². The first-order valence-corrected chi connectivity index (χ1v) is 6.77. The van der Waals surface area contributed by atoms with E-state index in [4.69, 9.17) is 10.5 Å². The molecule has 0 atom stereocenters. The lowest BCUT2D eigenvalue weighted by Gasteiger charge is -2.23. The van der Waals surface area contributed by atoms with Crippen molar-refractivity contribution in [3.63, 3.8) is 0 Å². The van der Waals surface area contributed by atoms with Crippen LogP contribution in [0.4, 0.5) is 5.82 Å². The van der Waals surface area contributed by atoms with Gasteiger partial charge in [-0.3, -0.25) is 4.98 Å². The minimum absolute atomic E-state index is 0.542. The number of anilines is 1. The second-order valence-electron chi connectivity index (χ2n) is 4.34. The van der Waals surface area contributed by atoms with Gasteiger partial charge < -0.3 is 15.4 Å². The second kappa shape index (κ2) is 7.45. The van der Waals surface area contributed by atoms with Crippen LogP contribution in [0.5, 0.6) is 5.88 Å².